The molecule has 2 N–H and O–H groups in total. The summed E-state index contributed by atoms with van der Waals surface area (Å²) in [6.45, 7) is 3.54. The predicted octanol–water partition coefficient (Wildman–Crippen LogP) is 0.672. The lowest BCUT2D eigenvalue weighted by Gasteiger charge is -2.18. The summed E-state index contributed by atoms with van der Waals surface area (Å²) >= 11 is 0. The van der Waals surface area contributed by atoms with Gasteiger partial charge in [-0.05, 0) is 26.7 Å². The Morgan fingerprint density at radius 2 is 1.33 bits per heavy atom. The molecule has 0 saturated heterocycles. The van der Waals surface area contributed by atoms with Gasteiger partial charge in [0.1, 0.15) is 0 Å². The molecule has 1 aliphatic carbocycles. The molecule has 0 radical (unpaired) electrons. The van der Waals surface area contributed by atoms with Crippen LogP contribution in [-0.4, -0.2) is 21.4 Å². The zero-order valence-electron chi connectivity index (χ0n) is 6.02. The third kappa shape index (κ3) is 1.66. The van der Waals surface area contributed by atoms with Gasteiger partial charge in [0.15, 0.2) is 0 Å². The second-order valence-electron chi connectivity index (χ2n) is 3.67. The Labute approximate surface area is 55.5 Å². The molecule has 0 aliphatic heterocycles. The molecule has 2 nitrogen and oxygen atoms in total. The van der Waals surface area contributed by atoms with Crippen LogP contribution >= 0.6 is 0 Å². The van der Waals surface area contributed by atoms with Crippen molar-refractivity contribution >= 4 is 0 Å². The first-order valence-corrected chi connectivity index (χ1v) is 3.36. The van der Waals surface area contributed by atoms with Gasteiger partial charge in [-0.15, -0.1) is 0 Å². The highest BCUT2D eigenvalue weighted by molar-refractivity contribution is 4.93. The van der Waals surface area contributed by atoms with Gasteiger partial charge >= 0.3 is 0 Å². The summed E-state index contributed by atoms with van der Waals surface area (Å²) in [5.74, 6) is 0. The van der Waals surface area contributed by atoms with Crippen LogP contribution in [-0.2, 0) is 0 Å². The van der Waals surface area contributed by atoms with Gasteiger partial charge < -0.3 is 10.2 Å². The molecule has 0 spiro atoms. The van der Waals surface area contributed by atoms with Crippen LogP contribution in [0.25, 0.3) is 0 Å². The normalized spacial score (nSPS) is 52.0. The number of aliphatic hydroxyl groups is 2. The van der Waals surface area contributed by atoms with E-state index in [1.807, 2.05) is 0 Å². The van der Waals surface area contributed by atoms with Gasteiger partial charge in [0.05, 0.1) is 11.2 Å². The Morgan fingerprint density at radius 3 is 1.44 bits per heavy atom. The first kappa shape index (κ1) is 7.03. The molecule has 0 aromatic carbocycles. The molecule has 1 saturated carbocycles. The van der Waals surface area contributed by atoms with E-state index < -0.39 is 11.2 Å². The van der Waals surface area contributed by atoms with E-state index in [0.29, 0.717) is 6.42 Å². The van der Waals surface area contributed by atoms with Crippen molar-refractivity contribution in [3.8, 4) is 0 Å². The Morgan fingerprint density at radius 1 is 1.00 bits per heavy atom. The summed E-state index contributed by atoms with van der Waals surface area (Å²) in [5, 5.41) is 18.7. The van der Waals surface area contributed by atoms with Crippen molar-refractivity contribution in [2.24, 2.45) is 0 Å². The van der Waals surface area contributed by atoms with Gasteiger partial charge in [0, 0.05) is 6.42 Å². The van der Waals surface area contributed by atoms with E-state index in [2.05, 4.69) is 0 Å². The fourth-order valence-corrected chi connectivity index (χ4v) is 1.54. The van der Waals surface area contributed by atoms with Gasteiger partial charge in [-0.1, -0.05) is 0 Å². The van der Waals surface area contributed by atoms with Crippen LogP contribution in [0.4, 0.5) is 0 Å². The van der Waals surface area contributed by atoms with Crippen LogP contribution in [0.2, 0.25) is 0 Å². The third-order valence-electron chi connectivity index (χ3n) is 1.96. The monoisotopic (exact) mass is 130 g/mol. The van der Waals surface area contributed by atoms with Gasteiger partial charge in [-0.25, -0.2) is 0 Å². The van der Waals surface area contributed by atoms with E-state index in [1.165, 1.54) is 0 Å². The minimum Gasteiger partial charge on any atom is -0.390 e. The molecule has 0 aromatic heterocycles. The molecule has 9 heavy (non-hydrogen) atoms. The fourth-order valence-electron chi connectivity index (χ4n) is 1.54. The van der Waals surface area contributed by atoms with E-state index in [4.69, 9.17) is 0 Å². The third-order valence-corrected chi connectivity index (χ3v) is 1.96. The largest absolute Gasteiger partial charge is 0.390 e. The second kappa shape index (κ2) is 1.70. The minimum absolute atomic E-state index is 0.514. The quantitative estimate of drug-likeness (QED) is 0.506. The van der Waals surface area contributed by atoms with Crippen LogP contribution in [0.3, 0.4) is 0 Å². The van der Waals surface area contributed by atoms with Crippen LogP contribution in [0, 0.1) is 0 Å². The van der Waals surface area contributed by atoms with Gasteiger partial charge in [-0.3, -0.25) is 0 Å². The maximum absolute atomic E-state index is 9.37. The average Bonchev–Trinajstić information content (AvgIpc) is 1.78. The standard InChI is InChI=1S/C7H14O2/c1-6(8)3-4-7(2,9)5-6/h8-9H,3-5H2,1-2H3. The first-order valence-electron chi connectivity index (χ1n) is 3.36. The average molecular weight is 130 g/mol. The SMILES string of the molecule is CC1(O)CCC(C)(O)C1. The van der Waals surface area contributed by atoms with Crippen molar-refractivity contribution in [1.82, 2.24) is 0 Å². The molecular weight excluding hydrogens is 116 g/mol. The smallest absolute Gasteiger partial charge is 0.0648 e. The summed E-state index contributed by atoms with van der Waals surface area (Å²) in [4.78, 5) is 0. The summed E-state index contributed by atoms with van der Waals surface area (Å²) in [5.41, 5.74) is -1.24. The topological polar surface area (TPSA) is 40.5 Å². The highest BCUT2D eigenvalue weighted by Crippen LogP contribution is 2.36. The van der Waals surface area contributed by atoms with Crippen molar-refractivity contribution in [3.05, 3.63) is 0 Å². The predicted molar refractivity (Wildman–Crippen MR) is 35.1 cm³/mol. The maximum Gasteiger partial charge on any atom is 0.0648 e. The van der Waals surface area contributed by atoms with Crippen molar-refractivity contribution in [1.29, 1.82) is 0 Å². The van der Waals surface area contributed by atoms with Crippen molar-refractivity contribution in [2.75, 3.05) is 0 Å². The molecule has 0 heterocycles. The summed E-state index contributed by atoms with van der Waals surface area (Å²) in [6.07, 6.45) is 1.96. The Balaban J connectivity index is 2.58. The molecule has 1 fully saturated rings. The lowest BCUT2D eigenvalue weighted by molar-refractivity contribution is 0.0127. The highest BCUT2D eigenvalue weighted by Gasteiger charge is 2.39. The van der Waals surface area contributed by atoms with E-state index in [9.17, 15) is 10.2 Å². The summed E-state index contributed by atoms with van der Waals surface area (Å²) in [6, 6.07) is 0. The zero-order valence-corrected chi connectivity index (χ0v) is 6.02. The van der Waals surface area contributed by atoms with E-state index in [0.717, 1.165) is 12.8 Å². The molecule has 2 atom stereocenters. The Hall–Kier alpha value is -0.0800. The van der Waals surface area contributed by atoms with Gasteiger partial charge in [-0.2, -0.15) is 0 Å². The molecule has 2 unspecified atom stereocenters. The Kier molecular flexibility index (Phi) is 1.33. The van der Waals surface area contributed by atoms with Crippen LogP contribution in [0.5, 0.6) is 0 Å². The lowest BCUT2D eigenvalue weighted by Crippen LogP contribution is -2.26. The highest BCUT2D eigenvalue weighted by atomic mass is 16.3. The molecule has 54 valence electrons. The number of hydrogen-bond acceptors (Lipinski definition) is 2. The van der Waals surface area contributed by atoms with Gasteiger partial charge in [0.25, 0.3) is 0 Å². The molecule has 1 rings (SSSR count). The lowest BCUT2D eigenvalue weighted by atomic mass is 10.0. The van der Waals surface area contributed by atoms with E-state index in [1.54, 1.807) is 13.8 Å². The molecule has 1 aliphatic rings. The fraction of sp³-hybridized carbons (Fsp3) is 1.00. The van der Waals surface area contributed by atoms with Crippen molar-refractivity contribution < 1.29 is 10.2 Å². The van der Waals surface area contributed by atoms with Crippen LogP contribution < -0.4 is 0 Å². The minimum atomic E-state index is -0.622. The molecule has 0 aromatic rings. The van der Waals surface area contributed by atoms with Crippen molar-refractivity contribution in [3.63, 3.8) is 0 Å². The van der Waals surface area contributed by atoms with E-state index in [-0.39, 0.29) is 0 Å². The summed E-state index contributed by atoms with van der Waals surface area (Å²) < 4.78 is 0. The number of hydrogen-bond donors (Lipinski definition) is 2. The second-order valence-corrected chi connectivity index (χ2v) is 3.67. The molecular formula is C7H14O2. The number of rotatable bonds is 0. The molecule has 0 bridgehead atoms. The van der Waals surface area contributed by atoms with Crippen LogP contribution in [0.15, 0.2) is 0 Å². The molecule has 0 amide bonds. The maximum atomic E-state index is 9.37. The van der Waals surface area contributed by atoms with Gasteiger partial charge in [0.2, 0.25) is 0 Å². The first-order chi connectivity index (χ1) is 3.91. The van der Waals surface area contributed by atoms with Crippen molar-refractivity contribution in [2.45, 2.75) is 44.3 Å². The Bertz CT molecular complexity index is 102. The van der Waals surface area contributed by atoms with Crippen LogP contribution in [0.1, 0.15) is 33.1 Å². The molecule has 2 heteroatoms. The summed E-state index contributed by atoms with van der Waals surface area (Å²) in [7, 11) is 0. The van der Waals surface area contributed by atoms with E-state index >= 15 is 0 Å². The zero-order chi connectivity index (χ0) is 7.12.